The highest BCUT2D eigenvalue weighted by atomic mass is 35.5. The number of nitrogens with one attached hydrogen (secondary N) is 1. The third-order valence-electron chi connectivity index (χ3n) is 4.80. The Morgan fingerprint density at radius 2 is 1.96 bits per heavy atom. The minimum atomic E-state index is -3.85. The van der Waals surface area contributed by atoms with Gasteiger partial charge < -0.3 is 10.1 Å². The topological polar surface area (TPSA) is 105 Å². The molecule has 0 radical (unpaired) electrons. The second-order valence-electron chi connectivity index (χ2n) is 6.18. The lowest BCUT2D eigenvalue weighted by atomic mass is 10.2. The van der Waals surface area contributed by atoms with E-state index in [1.54, 1.807) is 0 Å². The first kappa shape index (κ1) is 20.8. The van der Waals surface area contributed by atoms with Gasteiger partial charge in [0, 0.05) is 50.9 Å². The third-order valence-corrected chi connectivity index (χ3v) is 6.72. The van der Waals surface area contributed by atoms with Crippen molar-refractivity contribution in [1.29, 1.82) is 0 Å². The third kappa shape index (κ3) is 4.09. The summed E-state index contributed by atoms with van der Waals surface area (Å²) in [7, 11) is -2.49. The highest BCUT2D eigenvalue weighted by Gasteiger charge is 2.34. The highest BCUT2D eigenvalue weighted by molar-refractivity contribution is 7.89. The summed E-state index contributed by atoms with van der Waals surface area (Å²) in [6.07, 6.45) is 1.07. The molecule has 26 heavy (non-hydrogen) atoms. The summed E-state index contributed by atoms with van der Waals surface area (Å²) < 4.78 is 32.4. The molecular formula is C15H23ClN4O5S. The molecule has 2 heterocycles. The number of ether oxygens (including phenoxy) is 1. The van der Waals surface area contributed by atoms with Crippen LogP contribution in [0.4, 0.5) is 5.69 Å². The molecule has 1 atom stereocenters. The van der Waals surface area contributed by atoms with Crippen LogP contribution in [0, 0.1) is 10.1 Å². The molecule has 2 aliphatic heterocycles. The van der Waals surface area contributed by atoms with Crippen molar-refractivity contribution in [1.82, 2.24) is 14.5 Å². The smallest absolute Gasteiger partial charge is 0.271 e. The lowest BCUT2D eigenvalue weighted by Gasteiger charge is -2.37. The molecule has 0 spiro atoms. The molecule has 1 aromatic carbocycles. The number of nitro groups is 1. The average molecular weight is 407 g/mol. The molecule has 0 aromatic heterocycles. The molecule has 9 nitrogen and oxygen atoms in total. The fourth-order valence-electron chi connectivity index (χ4n) is 3.38. The zero-order valence-corrected chi connectivity index (χ0v) is 16.1. The minimum absolute atomic E-state index is 0. The van der Waals surface area contributed by atoms with E-state index in [1.807, 2.05) is 0 Å². The summed E-state index contributed by atoms with van der Waals surface area (Å²) in [6, 6.07) is 4.09. The molecule has 146 valence electrons. The number of nitro benzene ring substituents is 1. The maximum atomic E-state index is 13.0. The number of sulfonamides is 1. The number of hydrogen-bond acceptors (Lipinski definition) is 7. The second kappa shape index (κ2) is 8.49. The van der Waals surface area contributed by atoms with Crippen LogP contribution in [0.5, 0.6) is 5.75 Å². The van der Waals surface area contributed by atoms with Crippen LogP contribution in [0.15, 0.2) is 23.1 Å². The molecule has 1 N–H and O–H groups in total. The van der Waals surface area contributed by atoms with E-state index < -0.39 is 14.9 Å². The minimum Gasteiger partial charge on any atom is -0.495 e. The van der Waals surface area contributed by atoms with Crippen molar-refractivity contribution in [2.75, 3.05) is 46.4 Å². The van der Waals surface area contributed by atoms with E-state index in [-0.39, 0.29) is 28.7 Å². The van der Waals surface area contributed by atoms with Crippen LogP contribution in [-0.4, -0.2) is 75.0 Å². The summed E-state index contributed by atoms with van der Waals surface area (Å²) in [5, 5.41) is 14.3. The van der Waals surface area contributed by atoms with E-state index in [2.05, 4.69) is 10.2 Å². The van der Waals surface area contributed by atoms with Crippen LogP contribution >= 0.6 is 12.4 Å². The number of piperazine rings is 1. The average Bonchev–Trinajstić information content (AvgIpc) is 3.16. The number of rotatable bonds is 5. The molecule has 1 unspecified atom stereocenters. The number of benzene rings is 1. The molecule has 2 aliphatic rings. The van der Waals surface area contributed by atoms with Gasteiger partial charge >= 0.3 is 0 Å². The number of halogens is 1. The molecular weight excluding hydrogens is 384 g/mol. The lowest BCUT2D eigenvalue weighted by Crippen LogP contribution is -2.52. The van der Waals surface area contributed by atoms with Gasteiger partial charge in [0.25, 0.3) is 5.69 Å². The predicted molar refractivity (Wildman–Crippen MR) is 98.5 cm³/mol. The summed E-state index contributed by atoms with van der Waals surface area (Å²) in [6.45, 7) is 3.97. The maximum absolute atomic E-state index is 13.0. The van der Waals surface area contributed by atoms with E-state index >= 15 is 0 Å². The van der Waals surface area contributed by atoms with Gasteiger partial charge in [-0.3, -0.25) is 15.0 Å². The Balaban J connectivity index is 0.00000243. The zero-order valence-electron chi connectivity index (χ0n) is 14.5. The molecule has 0 bridgehead atoms. The molecule has 3 rings (SSSR count). The van der Waals surface area contributed by atoms with Crippen molar-refractivity contribution in [3.63, 3.8) is 0 Å². The largest absolute Gasteiger partial charge is 0.495 e. The fourth-order valence-corrected chi connectivity index (χ4v) is 4.98. The molecule has 1 aromatic rings. The van der Waals surface area contributed by atoms with E-state index in [1.165, 1.54) is 23.5 Å². The van der Waals surface area contributed by atoms with Crippen molar-refractivity contribution < 1.29 is 18.1 Å². The number of hydrogen-bond donors (Lipinski definition) is 1. The number of non-ortho nitro benzene ring substituents is 1. The van der Waals surface area contributed by atoms with Crippen molar-refractivity contribution in [2.24, 2.45) is 0 Å². The monoisotopic (exact) mass is 406 g/mol. The molecule has 0 amide bonds. The van der Waals surface area contributed by atoms with Crippen LogP contribution in [0.25, 0.3) is 0 Å². The van der Waals surface area contributed by atoms with E-state index in [0.29, 0.717) is 32.2 Å². The van der Waals surface area contributed by atoms with Crippen molar-refractivity contribution in [3.05, 3.63) is 28.3 Å². The summed E-state index contributed by atoms with van der Waals surface area (Å²) >= 11 is 0. The van der Waals surface area contributed by atoms with Gasteiger partial charge in [0.2, 0.25) is 10.0 Å². The number of nitrogens with zero attached hydrogens (tertiary/aromatic N) is 3. The van der Waals surface area contributed by atoms with Gasteiger partial charge in [-0.2, -0.15) is 4.31 Å². The number of methoxy groups -OCH3 is 1. The fraction of sp³-hybridized carbons (Fsp3) is 0.600. The first-order valence-electron chi connectivity index (χ1n) is 8.21. The van der Waals surface area contributed by atoms with Crippen LogP contribution in [-0.2, 0) is 10.0 Å². The summed E-state index contributed by atoms with van der Waals surface area (Å²) in [5.74, 6) is 0.119. The Hall–Kier alpha value is -1.46. The molecule has 2 saturated heterocycles. The van der Waals surface area contributed by atoms with Gasteiger partial charge in [-0.25, -0.2) is 8.42 Å². The molecule has 11 heteroatoms. The van der Waals surface area contributed by atoms with Gasteiger partial charge in [-0.05, 0) is 19.0 Å². The van der Waals surface area contributed by atoms with Gasteiger partial charge in [-0.1, -0.05) is 0 Å². The van der Waals surface area contributed by atoms with Gasteiger partial charge in [0.15, 0.2) is 0 Å². The standard InChI is InChI=1S/C15H22N4O5S.ClH/c1-24-14-3-2-12(19(20)21)10-15(14)25(22,23)18-8-6-17(7-9-18)13-4-5-16-11-13;/h2-3,10,13,16H,4-9,11H2,1H3;1H. The van der Waals surface area contributed by atoms with Crippen molar-refractivity contribution in [3.8, 4) is 5.75 Å². The quantitative estimate of drug-likeness (QED) is 0.566. The van der Waals surface area contributed by atoms with Crippen molar-refractivity contribution >= 4 is 28.1 Å². The van der Waals surface area contributed by atoms with Gasteiger partial charge in [-0.15, -0.1) is 12.4 Å². The van der Waals surface area contributed by atoms with E-state index in [9.17, 15) is 18.5 Å². The van der Waals surface area contributed by atoms with Crippen LogP contribution in [0.1, 0.15) is 6.42 Å². The Morgan fingerprint density at radius 1 is 1.27 bits per heavy atom. The van der Waals surface area contributed by atoms with Gasteiger partial charge in [0.05, 0.1) is 12.0 Å². The summed E-state index contributed by atoms with van der Waals surface area (Å²) in [4.78, 5) is 12.5. The zero-order chi connectivity index (χ0) is 18.0. The van der Waals surface area contributed by atoms with E-state index in [4.69, 9.17) is 4.74 Å². The van der Waals surface area contributed by atoms with Gasteiger partial charge in [0.1, 0.15) is 10.6 Å². The lowest BCUT2D eigenvalue weighted by molar-refractivity contribution is -0.385. The summed E-state index contributed by atoms with van der Waals surface area (Å²) in [5.41, 5.74) is -0.268. The first-order valence-corrected chi connectivity index (χ1v) is 9.65. The van der Waals surface area contributed by atoms with E-state index in [0.717, 1.165) is 25.6 Å². The predicted octanol–water partition coefficient (Wildman–Crippen LogP) is 0.693. The van der Waals surface area contributed by atoms with Crippen LogP contribution in [0.2, 0.25) is 0 Å². The molecule has 0 aliphatic carbocycles. The highest BCUT2D eigenvalue weighted by Crippen LogP contribution is 2.31. The Morgan fingerprint density at radius 3 is 2.50 bits per heavy atom. The van der Waals surface area contributed by atoms with Crippen LogP contribution in [0.3, 0.4) is 0 Å². The maximum Gasteiger partial charge on any atom is 0.271 e. The Labute approximate surface area is 158 Å². The Bertz CT molecular complexity index is 746. The van der Waals surface area contributed by atoms with Crippen molar-refractivity contribution in [2.45, 2.75) is 17.4 Å². The first-order chi connectivity index (χ1) is 11.9. The molecule has 0 saturated carbocycles. The molecule has 2 fully saturated rings. The Kier molecular flexibility index (Phi) is 6.80. The SMILES string of the molecule is COc1ccc([N+](=O)[O-])cc1S(=O)(=O)N1CCN(C2CCNC2)CC1.Cl. The second-order valence-corrected chi connectivity index (χ2v) is 8.09. The van der Waals surface area contributed by atoms with Crippen LogP contribution < -0.4 is 10.1 Å². The normalized spacial score (nSPS) is 22.0.